The number of alkyl halides is 1. The Kier molecular flexibility index (Phi) is 4.37. The molecule has 0 fully saturated rings. The average molecular weight is 322 g/mol. The first-order valence-electron chi connectivity index (χ1n) is 6.03. The van der Waals surface area contributed by atoms with Crippen LogP contribution in [-0.4, -0.2) is 21.0 Å². The summed E-state index contributed by atoms with van der Waals surface area (Å²) in [6.45, 7) is 4.45. The molecule has 1 aromatic carbocycles. The van der Waals surface area contributed by atoms with Crippen LogP contribution in [0, 0.1) is 13.8 Å². The van der Waals surface area contributed by atoms with Crippen LogP contribution < -0.4 is 4.90 Å². The third-order valence-corrected chi connectivity index (χ3v) is 3.45. The van der Waals surface area contributed by atoms with Crippen LogP contribution in [0.4, 0.5) is 5.69 Å². The Morgan fingerprint density at radius 1 is 1.32 bits per heavy atom. The van der Waals surface area contributed by atoms with Crippen molar-refractivity contribution in [3.63, 3.8) is 0 Å². The van der Waals surface area contributed by atoms with Crippen molar-refractivity contribution in [2.24, 2.45) is 0 Å². The lowest BCUT2D eigenvalue weighted by atomic mass is 10.1. The van der Waals surface area contributed by atoms with Crippen LogP contribution in [0.1, 0.15) is 11.1 Å². The molecular formula is C14H16BrN3O. The number of halogens is 1. The molecule has 1 heterocycles. The molecule has 0 saturated heterocycles. The Morgan fingerprint density at radius 2 is 2.00 bits per heavy atom. The predicted octanol–water partition coefficient (Wildman–Crippen LogP) is 2.89. The van der Waals surface area contributed by atoms with E-state index >= 15 is 0 Å². The van der Waals surface area contributed by atoms with Crippen molar-refractivity contribution in [2.75, 3.05) is 10.2 Å². The Hall–Kier alpha value is -1.62. The van der Waals surface area contributed by atoms with Gasteiger partial charge in [-0.2, -0.15) is 5.10 Å². The van der Waals surface area contributed by atoms with E-state index in [0.717, 1.165) is 16.8 Å². The second kappa shape index (κ2) is 6.02. The van der Waals surface area contributed by atoms with E-state index in [1.165, 1.54) is 0 Å². The van der Waals surface area contributed by atoms with E-state index in [-0.39, 0.29) is 5.91 Å². The quantitative estimate of drug-likeness (QED) is 0.812. The summed E-state index contributed by atoms with van der Waals surface area (Å²) in [5.41, 5.74) is 3.13. The molecule has 4 nitrogen and oxygen atoms in total. The van der Waals surface area contributed by atoms with Crippen molar-refractivity contribution in [2.45, 2.75) is 20.5 Å². The predicted molar refractivity (Wildman–Crippen MR) is 79.4 cm³/mol. The maximum Gasteiger partial charge on any atom is 0.239 e. The van der Waals surface area contributed by atoms with Crippen LogP contribution in [0.2, 0.25) is 0 Å². The number of benzene rings is 1. The molecule has 100 valence electrons. The highest BCUT2D eigenvalue weighted by Gasteiger charge is 2.18. The number of carbonyl (C=O) groups is 1. The maximum absolute atomic E-state index is 12.2. The van der Waals surface area contributed by atoms with Crippen LogP contribution in [-0.2, 0) is 11.5 Å². The molecule has 19 heavy (non-hydrogen) atoms. The summed E-state index contributed by atoms with van der Waals surface area (Å²) >= 11 is 3.25. The number of aryl methyl sites for hydroxylation is 2. The second-order valence-electron chi connectivity index (χ2n) is 4.38. The van der Waals surface area contributed by atoms with Gasteiger partial charge in [-0.05, 0) is 31.0 Å². The fraction of sp³-hybridized carbons (Fsp3) is 0.286. The number of hydrogen-bond donors (Lipinski definition) is 0. The molecule has 5 heteroatoms. The molecular weight excluding hydrogens is 306 g/mol. The molecule has 1 aromatic heterocycles. The summed E-state index contributed by atoms with van der Waals surface area (Å²) in [7, 11) is 0. The summed E-state index contributed by atoms with van der Waals surface area (Å²) in [5, 5.41) is 4.46. The van der Waals surface area contributed by atoms with Crippen molar-refractivity contribution >= 4 is 27.5 Å². The normalized spacial score (nSPS) is 10.5. The summed E-state index contributed by atoms with van der Waals surface area (Å²) < 4.78 is 1.74. The number of rotatable bonds is 4. The molecule has 0 atom stereocenters. The zero-order valence-electron chi connectivity index (χ0n) is 11.0. The molecule has 0 saturated carbocycles. The van der Waals surface area contributed by atoms with E-state index in [1.807, 2.05) is 44.3 Å². The number of aromatic nitrogens is 2. The lowest BCUT2D eigenvalue weighted by molar-refractivity contribution is -0.116. The van der Waals surface area contributed by atoms with Gasteiger partial charge in [0.25, 0.3) is 0 Å². The number of carbonyl (C=O) groups excluding carboxylic acids is 1. The van der Waals surface area contributed by atoms with Gasteiger partial charge in [0, 0.05) is 12.4 Å². The Bertz CT molecular complexity index is 546. The molecule has 0 bridgehead atoms. The van der Waals surface area contributed by atoms with E-state index in [2.05, 4.69) is 21.0 Å². The molecule has 0 aliphatic heterocycles. The SMILES string of the molecule is Cc1cccc(C)c1N(Cn1cccn1)C(=O)CBr. The average Bonchev–Trinajstić information content (AvgIpc) is 2.89. The first-order chi connectivity index (χ1) is 9.13. The minimum atomic E-state index is 0.0212. The van der Waals surface area contributed by atoms with Gasteiger partial charge >= 0.3 is 0 Å². The number of hydrogen-bond acceptors (Lipinski definition) is 2. The van der Waals surface area contributed by atoms with Crippen molar-refractivity contribution in [1.29, 1.82) is 0 Å². The zero-order chi connectivity index (χ0) is 13.8. The van der Waals surface area contributed by atoms with E-state index in [0.29, 0.717) is 12.0 Å². The molecule has 0 spiro atoms. The van der Waals surface area contributed by atoms with Gasteiger partial charge in [0.2, 0.25) is 5.91 Å². The minimum Gasteiger partial charge on any atom is -0.291 e. The second-order valence-corrected chi connectivity index (χ2v) is 4.94. The maximum atomic E-state index is 12.2. The monoisotopic (exact) mass is 321 g/mol. The zero-order valence-corrected chi connectivity index (χ0v) is 12.6. The fourth-order valence-corrected chi connectivity index (χ4v) is 2.41. The molecule has 0 unspecified atom stereocenters. The van der Waals surface area contributed by atoms with Gasteiger partial charge in [-0.25, -0.2) is 0 Å². The Morgan fingerprint density at radius 3 is 2.53 bits per heavy atom. The molecule has 0 N–H and O–H groups in total. The van der Waals surface area contributed by atoms with Crippen LogP contribution in [0.15, 0.2) is 36.7 Å². The van der Waals surface area contributed by atoms with Gasteiger partial charge in [0.15, 0.2) is 0 Å². The van der Waals surface area contributed by atoms with E-state index < -0.39 is 0 Å². The Labute approximate surface area is 121 Å². The van der Waals surface area contributed by atoms with Crippen molar-refractivity contribution in [3.8, 4) is 0 Å². The van der Waals surface area contributed by atoms with E-state index in [1.54, 1.807) is 15.8 Å². The molecule has 2 aromatic rings. The van der Waals surface area contributed by atoms with Gasteiger partial charge in [-0.3, -0.25) is 14.4 Å². The third-order valence-electron chi connectivity index (χ3n) is 2.97. The molecule has 0 radical (unpaired) electrons. The molecule has 0 aliphatic carbocycles. The first-order valence-corrected chi connectivity index (χ1v) is 7.15. The summed E-state index contributed by atoms with van der Waals surface area (Å²) in [5.74, 6) is 0.0212. The van der Waals surface area contributed by atoms with Gasteiger partial charge < -0.3 is 0 Å². The van der Waals surface area contributed by atoms with Crippen LogP contribution in [0.3, 0.4) is 0 Å². The number of para-hydroxylation sites is 1. The first kappa shape index (κ1) is 13.8. The van der Waals surface area contributed by atoms with Crippen molar-refractivity contribution < 1.29 is 4.79 Å². The van der Waals surface area contributed by atoms with Gasteiger partial charge in [-0.15, -0.1) is 0 Å². The highest BCUT2D eigenvalue weighted by atomic mass is 79.9. The minimum absolute atomic E-state index is 0.0212. The lowest BCUT2D eigenvalue weighted by Gasteiger charge is -2.25. The summed E-state index contributed by atoms with van der Waals surface area (Å²) in [6, 6.07) is 7.88. The van der Waals surface area contributed by atoms with Crippen LogP contribution in [0.25, 0.3) is 0 Å². The van der Waals surface area contributed by atoms with Gasteiger partial charge in [0.1, 0.15) is 6.67 Å². The van der Waals surface area contributed by atoms with Crippen molar-refractivity contribution in [3.05, 3.63) is 47.8 Å². The smallest absolute Gasteiger partial charge is 0.239 e. The summed E-state index contributed by atoms with van der Waals surface area (Å²) in [4.78, 5) is 13.9. The van der Waals surface area contributed by atoms with E-state index in [4.69, 9.17) is 0 Å². The number of amides is 1. The van der Waals surface area contributed by atoms with E-state index in [9.17, 15) is 4.79 Å². The van der Waals surface area contributed by atoms with Crippen LogP contribution in [0.5, 0.6) is 0 Å². The third kappa shape index (κ3) is 3.04. The highest BCUT2D eigenvalue weighted by molar-refractivity contribution is 9.09. The Balaban J connectivity index is 2.40. The lowest BCUT2D eigenvalue weighted by Crippen LogP contribution is -2.35. The largest absolute Gasteiger partial charge is 0.291 e. The van der Waals surface area contributed by atoms with Crippen LogP contribution >= 0.6 is 15.9 Å². The summed E-state index contributed by atoms with van der Waals surface area (Å²) in [6.07, 6.45) is 3.56. The van der Waals surface area contributed by atoms with Crippen molar-refractivity contribution in [1.82, 2.24) is 9.78 Å². The standard InChI is InChI=1S/C14H16BrN3O/c1-11-5-3-6-12(2)14(11)18(13(19)9-15)10-17-8-4-7-16-17/h3-8H,9-10H2,1-2H3. The van der Waals surface area contributed by atoms with Gasteiger partial charge in [0.05, 0.1) is 11.0 Å². The molecule has 2 rings (SSSR count). The number of nitrogens with zero attached hydrogens (tertiary/aromatic N) is 3. The molecule has 0 aliphatic rings. The van der Waals surface area contributed by atoms with Gasteiger partial charge in [-0.1, -0.05) is 34.1 Å². The fourth-order valence-electron chi connectivity index (χ4n) is 2.11. The highest BCUT2D eigenvalue weighted by Crippen LogP contribution is 2.25. The molecule has 1 amide bonds. The topological polar surface area (TPSA) is 38.1 Å². The number of anilines is 1.